The van der Waals surface area contributed by atoms with Crippen LogP contribution in [0.2, 0.25) is 0 Å². The van der Waals surface area contributed by atoms with Crippen molar-refractivity contribution in [3.8, 4) is 0 Å². The maximum Gasteiger partial charge on any atom is 0.0446 e. The summed E-state index contributed by atoms with van der Waals surface area (Å²) in [6, 6.07) is 2.51. The largest absolute Gasteiger partial charge is 0.370 e. The van der Waals surface area contributed by atoms with Crippen molar-refractivity contribution in [3.63, 3.8) is 0 Å². The zero-order chi connectivity index (χ0) is 14.5. The number of aryl methyl sites for hydroxylation is 1. The Hall–Kier alpha value is -0.980. The maximum atomic E-state index is 2.68. The quantitative estimate of drug-likeness (QED) is 0.673. The molecule has 0 spiro atoms. The first kappa shape index (κ1) is 12.7. The SMILES string of the molecule is Cc1cc2c3c4c1C(C)(C)CC4(C)CCN3CC2(C)C. The zero-order valence-corrected chi connectivity index (χ0v) is 13.9. The highest BCUT2D eigenvalue weighted by atomic mass is 15.2. The molecule has 4 rings (SSSR count). The van der Waals surface area contributed by atoms with Crippen molar-refractivity contribution in [2.75, 3.05) is 18.0 Å². The fourth-order valence-electron chi connectivity index (χ4n) is 5.69. The van der Waals surface area contributed by atoms with E-state index in [2.05, 4.69) is 52.5 Å². The van der Waals surface area contributed by atoms with Gasteiger partial charge >= 0.3 is 0 Å². The molecule has 0 saturated carbocycles. The van der Waals surface area contributed by atoms with Crippen LogP contribution in [0.25, 0.3) is 0 Å². The summed E-state index contributed by atoms with van der Waals surface area (Å²) in [5.41, 5.74) is 9.21. The molecule has 1 aromatic rings. The average Bonchev–Trinajstić information content (AvgIpc) is 2.67. The summed E-state index contributed by atoms with van der Waals surface area (Å²) in [4.78, 5) is 2.68. The molecule has 1 heteroatoms. The van der Waals surface area contributed by atoms with E-state index in [9.17, 15) is 0 Å². The predicted octanol–water partition coefficient (Wildman–Crippen LogP) is 4.44. The minimum absolute atomic E-state index is 0.313. The highest BCUT2D eigenvalue weighted by molar-refractivity contribution is 5.76. The molecule has 20 heavy (non-hydrogen) atoms. The van der Waals surface area contributed by atoms with E-state index in [1.807, 2.05) is 0 Å². The summed E-state index contributed by atoms with van der Waals surface area (Å²) in [6.07, 6.45) is 2.65. The average molecular weight is 269 g/mol. The van der Waals surface area contributed by atoms with E-state index < -0.39 is 0 Å². The summed E-state index contributed by atoms with van der Waals surface area (Å²) in [7, 11) is 0. The van der Waals surface area contributed by atoms with Crippen LogP contribution < -0.4 is 4.90 Å². The second kappa shape index (κ2) is 3.26. The van der Waals surface area contributed by atoms with E-state index in [-0.39, 0.29) is 0 Å². The number of anilines is 1. The van der Waals surface area contributed by atoms with Gasteiger partial charge < -0.3 is 4.90 Å². The molecular weight excluding hydrogens is 242 g/mol. The first-order valence-electron chi connectivity index (χ1n) is 8.10. The molecular formula is C19H27N. The molecule has 2 aliphatic heterocycles. The Labute approximate surface area is 123 Å². The van der Waals surface area contributed by atoms with Gasteiger partial charge in [0.2, 0.25) is 0 Å². The number of nitrogens with zero attached hydrogens (tertiary/aromatic N) is 1. The lowest BCUT2D eigenvalue weighted by molar-refractivity contribution is 0.347. The minimum Gasteiger partial charge on any atom is -0.370 e. The molecule has 0 saturated heterocycles. The lowest BCUT2D eigenvalue weighted by atomic mass is 9.75. The molecule has 3 aliphatic rings. The Kier molecular flexibility index (Phi) is 2.08. The maximum absolute atomic E-state index is 2.68. The molecule has 0 bridgehead atoms. The van der Waals surface area contributed by atoms with Gasteiger partial charge in [-0.3, -0.25) is 0 Å². The van der Waals surface area contributed by atoms with Crippen LogP contribution >= 0.6 is 0 Å². The minimum atomic E-state index is 0.313. The lowest BCUT2D eigenvalue weighted by Gasteiger charge is -2.38. The number of rotatable bonds is 0. The van der Waals surface area contributed by atoms with Gasteiger partial charge in [0.1, 0.15) is 0 Å². The monoisotopic (exact) mass is 269 g/mol. The van der Waals surface area contributed by atoms with Crippen LogP contribution in [0.4, 0.5) is 5.69 Å². The van der Waals surface area contributed by atoms with E-state index in [1.165, 1.54) is 31.5 Å². The van der Waals surface area contributed by atoms with E-state index in [1.54, 1.807) is 22.4 Å². The number of hydrogen-bond acceptors (Lipinski definition) is 1. The highest BCUT2D eigenvalue weighted by Gasteiger charge is 2.53. The van der Waals surface area contributed by atoms with Gasteiger partial charge in [0.15, 0.2) is 0 Å². The van der Waals surface area contributed by atoms with Gasteiger partial charge in [-0.1, -0.05) is 40.7 Å². The van der Waals surface area contributed by atoms with Crippen LogP contribution in [0.5, 0.6) is 0 Å². The molecule has 1 nitrogen and oxygen atoms in total. The molecule has 1 aliphatic carbocycles. The molecule has 0 fully saturated rings. The normalized spacial score (nSPS) is 31.6. The van der Waals surface area contributed by atoms with E-state index in [0.29, 0.717) is 16.2 Å². The Morgan fingerprint density at radius 3 is 2.40 bits per heavy atom. The molecule has 108 valence electrons. The summed E-state index contributed by atoms with van der Waals surface area (Å²) in [5, 5.41) is 0. The third kappa shape index (κ3) is 1.30. The van der Waals surface area contributed by atoms with Gasteiger partial charge in [0.05, 0.1) is 0 Å². The fourth-order valence-corrected chi connectivity index (χ4v) is 5.69. The summed E-state index contributed by atoms with van der Waals surface area (Å²) >= 11 is 0. The number of hydrogen-bond donors (Lipinski definition) is 0. The second-order valence-electron chi connectivity index (χ2n) is 9.02. The van der Waals surface area contributed by atoms with Crippen LogP contribution in [-0.4, -0.2) is 13.1 Å². The molecule has 2 heterocycles. The van der Waals surface area contributed by atoms with Gasteiger partial charge in [0.25, 0.3) is 0 Å². The van der Waals surface area contributed by atoms with Crippen molar-refractivity contribution in [1.29, 1.82) is 0 Å². The van der Waals surface area contributed by atoms with Crippen molar-refractivity contribution < 1.29 is 0 Å². The third-order valence-electron chi connectivity index (χ3n) is 6.17. The molecule has 0 aromatic heterocycles. The zero-order valence-electron chi connectivity index (χ0n) is 13.9. The van der Waals surface area contributed by atoms with Crippen molar-refractivity contribution in [1.82, 2.24) is 0 Å². The Bertz CT molecular complexity index is 623. The number of benzene rings is 1. The van der Waals surface area contributed by atoms with Crippen LogP contribution in [-0.2, 0) is 16.2 Å². The fraction of sp³-hybridized carbons (Fsp3) is 0.684. The van der Waals surface area contributed by atoms with Gasteiger partial charge in [-0.25, -0.2) is 0 Å². The lowest BCUT2D eigenvalue weighted by Crippen LogP contribution is -2.37. The highest BCUT2D eigenvalue weighted by Crippen LogP contribution is 2.61. The van der Waals surface area contributed by atoms with E-state index in [4.69, 9.17) is 0 Å². The van der Waals surface area contributed by atoms with E-state index >= 15 is 0 Å². The van der Waals surface area contributed by atoms with Gasteiger partial charge in [-0.2, -0.15) is 0 Å². The molecule has 0 amide bonds. The first-order chi connectivity index (χ1) is 9.16. The summed E-state index contributed by atoms with van der Waals surface area (Å²) < 4.78 is 0. The molecule has 0 N–H and O–H groups in total. The van der Waals surface area contributed by atoms with Crippen LogP contribution in [0.3, 0.4) is 0 Å². The molecule has 0 radical (unpaired) electrons. The van der Waals surface area contributed by atoms with E-state index in [0.717, 1.165) is 0 Å². The topological polar surface area (TPSA) is 3.24 Å². The molecule has 1 unspecified atom stereocenters. The molecule has 1 aromatic carbocycles. The van der Waals surface area contributed by atoms with Crippen molar-refractivity contribution >= 4 is 5.69 Å². The third-order valence-corrected chi connectivity index (χ3v) is 6.17. The first-order valence-corrected chi connectivity index (χ1v) is 8.10. The second-order valence-corrected chi connectivity index (χ2v) is 9.02. The Balaban J connectivity index is 2.13. The standard InChI is InChI=1S/C19H27N/c1-12-9-13-16-15-14(12)17(2,3)10-19(15,6)7-8-20(16)11-18(13,4)5/h9H,7-8,10-11H2,1-6H3. The summed E-state index contributed by atoms with van der Waals surface area (Å²) in [5.74, 6) is 0. The van der Waals surface area contributed by atoms with Gasteiger partial charge in [-0.05, 0) is 52.8 Å². The van der Waals surface area contributed by atoms with Gasteiger partial charge in [0, 0.05) is 24.2 Å². The Morgan fingerprint density at radius 1 is 1.00 bits per heavy atom. The van der Waals surface area contributed by atoms with Crippen LogP contribution in [0.15, 0.2) is 6.07 Å². The van der Waals surface area contributed by atoms with Crippen molar-refractivity contribution in [3.05, 3.63) is 28.3 Å². The van der Waals surface area contributed by atoms with Crippen molar-refractivity contribution in [2.45, 2.75) is 70.6 Å². The molecule has 1 atom stereocenters. The smallest absolute Gasteiger partial charge is 0.0446 e. The van der Waals surface area contributed by atoms with Gasteiger partial charge in [-0.15, -0.1) is 0 Å². The van der Waals surface area contributed by atoms with Crippen LogP contribution in [0, 0.1) is 6.92 Å². The van der Waals surface area contributed by atoms with Crippen molar-refractivity contribution in [2.24, 2.45) is 0 Å². The predicted molar refractivity (Wildman–Crippen MR) is 86.0 cm³/mol. The summed E-state index contributed by atoms with van der Waals surface area (Å²) in [6.45, 7) is 17.0. The Morgan fingerprint density at radius 2 is 1.70 bits per heavy atom. The van der Waals surface area contributed by atoms with Crippen LogP contribution in [0.1, 0.15) is 69.7 Å².